The van der Waals surface area contributed by atoms with Crippen molar-refractivity contribution in [3.05, 3.63) is 16.0 Å². The lowest BCUT2D eigenvalue weighted by Crippen LogP contribution is -2.15. The number of halogens is 1. The second kappa shape index (κ2) is 7.93. The summed E-state index contributed by atoms with van der Waals surface area (Å²) in [5.41, 5.74) is 1.11. The summed E-state index contributed by atoms with van der Waals surface area (Å²) in [4.78, 5) is 9.38. The normalized spacial score (nSPS) is 18.4. The second-order valence-corrected chi connectivity index (χ2v) is 6.06. The zero-order valence-electron chi connectivity index (χ0n) is 12.4. The van der Waals surface area contributed by atoms with Gasteiger partial charge in [-0.15, -0.1) is 0 Å². The van der Waals surface area contributed by atoms with Gasteiger partial charge in [-0.3, -0.25) is 0 Å². The quantitative estimate of drug-likeness (QED) is 0.820. The van der Waals surface area contributed by atoms with E-state index in [1.807, 2.05) is 0 Å². The number of rotatable bonds is 7. The van der Waals surface area contributed by atoms with Crippen LogP contribution in [-0.4, -0.2) is 29.2 Å². The molecule has 1 atom stereocenters. The maximum Gasteiger partial charge on any atom is 0.144 e. The molecule has 0 spiro atoms. The van der Waals surface area contributed by atoms with Gasteiger partial charge in [0.2, 0.25) is 0 Å². The molecular weight excluding hydrogens is 318 g/mol. The van der Waals surface area contributed by atoms with Crippen molar-refractivity contribution in [2.75, 3.05) is 18.5 Å². The Morgan fingerprint density at radius 3 is 2.80 bits per heavy atom. The average molecular weight is 342 g/mol. The maximum atomic E-state index is 5.70. The highest BCUT2D eigenvalue weighted by Gasteiger charge is 2.19. The summed E-state index contributed by atoms with van der Waals surface area (Å²) in [7, 11) is 0. The summed E-state index contributed by atoms with van der Waals surface area (Å²) in [6.07, 6.45) is 6.55. The number of nitrogens with zero attached hydrogens (tertiary/aromatic N) is 2. The molecule has 1 aliphatic heterocycles. The smallest absolute Gasteiger partial charge is 0.144 e. The molecule has 0 aromatic carbocycles. The fourth-order valence-corrected chi connectivity index (χ4v) is 2.92. The predicted molar refractivity (Wildman–Crippen MR) is 85.2 cm³/mol. The summed E-state index contributed by atoms with van der Waals surface area (Å²) in [5, 5.41) is 3.39. The zero-order valence-corrected chi connectivity index (χ0v) is 14.0. The fraction of sp³-hybridized carbons (Fsp3) is 0.733. The Balaban J connectivity index is 2.18. The molecule has 2 rings (SSSR count). The molecule has 0 saturated carbocycles. The molecule has 1 fully saturated rings. The third kappa shape index (κ3) is 4.16. The van der Waals surface area contributed by atoms with Gasteiger partial charge in [0.05, 0.1) is 16.3 Å². The van der Waals surface area contributed by atoms with Crippen LogP contribution in [0.1, 0.15) is 51.0 Å². The Morgan fingerprint density at radius 1 is 1.30 bits per heavy atom. The average Bonchev–Trinajstić information content (AvgIpc) is 2.94. The van der Waals surface area contributed by atoms with Crippen molar-refractivity contribution < 1.29 is 4.74 Å². The molecule has 112 valence electrons. The molecule has 5 heteroatoms. The van der Waals surface area contributed by atoms with Crippen molar-refractivity contribution in [3.8, 4) is 0 Å². The Bertz CT molecular complexity index is 433. The first-order valence-electron chi connectivity index (χ1n) is 7.65. The van der Waals surface area contributed by atoms with Crippen LogP contribution in [0.3, 0.4) is 0 Å². The third-order valence-electron chi connectivity index (χ3n) is 3.43. The summed E-state index contributed by atoms with van der Waals surface area (Å²) >= 11 is 3.64. The van der Waals surface area contributed by atoms with Crippen molar-refractivity contribution in [1.29, 1.82) is 0 Å². The molecule has 2 heterocycles. The van der Waals surface area contributed by atoms with Gasteiger partial charge in [-0.05, 0) is 41.6 Å². The molecular formula is C15H24BrN3O. The second-order valence-electron chi connectivity index (χ2n) is 5.27. The molecule has 1 aliphatic rings. The summed E-state index contributed by atoms with van der Waals surface area (Å²) < 4.78 is 6.71. The van der Waals surface area contributed by atoms with Crippen LogP contribution < -0.4 is 5.32 Å². The topological polar surface area (TPSA) is 47.0 Å². The highest BCUT2D eigenvalue weighted by atomic mass is 79.9. The van der Waals surface area contributed by atoms with Crippen LogP contribution in [-0.2, 0) is 17.6 Å². The SMILES string of the molecule is CCCNc1nc(CC2CCCO2)nc(CCC)c1Br. The lowest BCUT2D eigenvalue weighted by atomic mass is 10.1. The molecule has 1 aromatic heterocycles. The largest absolute Gasteiger partial charge is 0.378 e. The minimum Gasteiger partial charge on any atom is -0.378 e. The molecule has 0 amide bonds. The van der Waals surface area contributed by atoms with E-state index in [0.29, 0.717) is 6.10 Å². The van der Waals surface area contributed by atoms with Gasteiger partial charge in [-0.25, -0.2) is 9.97 Å². The van der Waals surface area contributed by atoms with Gasteiger partial charge >= 0.3 is 0 Å². The van der Waals surface area contributed by atoms with E-state index in [0.717, 1.165) is 73.5 Å². The highest BCUT2D eigenvalue weighted by molar-refractivity contribution is 9.10. The Morgan fingerprint density at radius 2 is 2.15 bits per heavy atom. The molecule has 1 aromatic rings. The van der Waals surface area contributed by atoms with Gasteiger partial charge in [0.25, 0.3) is 0 Å². The summed E-state index contributed by atoms with van der Waals surface area (Å²) in [6, 6.07) is 0. The predicted octanol–water partition coefficient (Wildman–Crippen LogP) is 3.74. The molecule has 0 aliphatic carbocycles. The minimum atomic E-state index is 0.296. The van der Waals surface area contributed by atoms with E-state index in [1.165, 1.54) is 0 Å². The summed E-state index contributed by atoms with van der Waals surface area (Å²) in [6.45, 7) is 6.14. The first-order valence-corrected chi connectivity index (χ1v) is 8.44. The van der Waals surface area contributed by atoms with E-state index in [4.69, 9.17) is 9.72 Å². The van der Waals surface area contributed by atoms with Gasteiger partial charge in [-0.1, -0.05) is 20.3 Å². The van der Waals surface area contributed by atoms with Crippen LogP contribution in [0.2, 0.25) is 0 Å². The van der Waals surface area contributed by atoms with Crippen LogP contribution in [0.4, 0.5) is 5.82 Å². The van der Waals surface area contributed by atoms with Crippen LogP contribution >= 0.6 is 15.9 Å². The number of anilines is 1. The number of aromatic nitrogens is 2. The van der Waals surface area contributed by atoms with E-state index < -0.39 is 0 Å². The lowest BCUT2D eigenvalue weighted by molar-refractivity contribution is 0.110. The van der Waals surface area contributed by atoms with Gasteiger partial charge in [-0.2, -0.15) is 0 Å². The summed E-state index contributed by atoms with van der Waals surface area (Å²) in [5.74, 6) is 1.83. The van der Waals surface area contributed by atoms with Crippen molar-refractivity contribution in [2.45, 2.75) is 58.5 Å². The molecule has 4 nitrogen and oxygen atoms in total. The number of ether oxygens (including phenoxy) is 1. The van der Waals surface area contributed by atoms with E-state index in [9.17, 15) is 0 Å². The molecule has 1 N–H and O–H groups in total. The molecule has 0 radical (unpaired) electrons. The fourth-order valence-electron chi connectivity index (χ4n) is 2.41. The van der Waals surface area contributed by atoms with Crippen LogP contribution in [0, 0.1) is 0 Å². The third-order valence-corrected chi connectivity index (χ3v) is 4.26. The molecule has 1 unspecified atom stereocenters. The van der Waals surface area contributed by atoms with E-state index in [2.05, 4.69) is 40.1 Å². The Hall–Kier alpha value is -0.680. The Kier molecular flexibility index (Phi) is 6.23. The van der Waals surface area contributed by atoms with Gasteiger partial charge < -0.3 is 10.1 Å². The van der Waals surface area contributed by atoms with Crippen LogP contribution in [0.5, 0.6) is 0 Å². The van der Waals surface area contributed by atoms with E-state index in [1.54, 1.807) is 0 Å². The van der Waals surface area contributed by atoms with Gasteiger partial charge in [0.1, 0.15) is 11.6 Å². The van der Waals surface area contributed by atoms with Crippen molar-refractivity contribution in [3.63, 3.8) is 0 Å². The standard InChI is InChI=1S/C15H24BrN3O/c1-3-6-12-14(16)15(17-8-4-2)19-13(18-12)10-11-7-5-9-20-11/h11H,3-10H2,1-2H3,(H,17,18,19). The van der Waals surface area contributed by atoms with E-state index in [-0.39, 0.29) is 0 Å². The zero-order chi connectivity index (χ0) is 14.4. The van der Waals surface area contributed by atoms with Gasteiger partial charge in [0, 0.05) is 19.6 Å². The van der Waals surface area contributed by atoms with Gasteiger partial charge in [0.15, 0.2) is 0 Å². The monoisotopic (exact) mass is 341 g/mol. The number of aryl methyl sites for hydroxylation is 1. The number of nitrogens with one attached hydrogen (secondary N) is 1. The van der Waals surface area contributed by atoms with Crippen molar-refractivity contribution >= 4 is 21.7 Å². The van der Waals surface area contributed by atoms with Crippen LogP contribution in [0.15, 0.2) is 4.47 Å². The lowest BCUT2D eigenvalue weighted by Gasteiger charge is -2.14. The first kappa shape index (κ1) is 15.7. The Labute approximate surface area is 129 Å². The molecule has 0 bridgehead atoms. The first-order chi connectivity index (χ1) is 9.74. The minimum absolute atomic E-state index is 0.296. The number of hydrogen-bond donors (Lipinski definition) is 1. The highest BCUT2D eigenvalue weighted by Crippen LogP contribution is 2.26. The molecule has 20 heavy (non-hydrogen) atoms. The van der Waals surface area contributed by atoms with E-state index >= 15 is 0 Å². The number of hydrogen-bond acceptors (Lipinski definition) is 4. The van der Waals surface area contributed by atoms with Crippen molar-refractivity contribution in [2.24, 2.45) is 0 Å². The maximum absolute atomic E-state index is 5.70. The van der Waals surface area contributed by atoms with Crippen molar-refractivity contribution in [1.82, 2.24) is 9.97 Å². The molecule has 1 saturated heterocycles. The van der Waals surface area contributed by atoms with Crippen LogP contribution in [0.25, 0.3) is 0 Å².